The van der Waals surface area contributed by atoms with Crippen molar-refractivity contribution in [1.29, 1.82) is 0 Å². The zero-order valence-corrected chi connectivity index (χ0v) is 21.5. The van der Waals surface area contributed by atoms with Gasteiger partial charge >= 0.3 is 0 Å². The number of carbonyl (C=O) groups is 1. The molecule has 10 heteroatoms. The van der Waals surface area contributed by atoms with Crippen molar-refractivity contribution < 1.29 is 13.6 Å². The second-order valence-corrected chi connectivity index (χ2v) is 11.0. The molecule has 0 radical (unpaired) electrons. The number of hydrogen-bond acceptors (Lipinski definition) is 6. The van der Waals surface area contributed by atoms with Gasteiger partial charge in [-0.3, -0.25) is 14.8 Å². The minimum absolute atomic E-state index is 0.123. The summed E-state index contributed by atoms with van der Waals surface area (Å²) in [7, 11) is 0. The highest BCUT2D eigenvalue weighted by atomic mass is 19.1. The van der Waals surface area contributed by atoms with Crippen LogP contribution in [0.1, 0.15) is 46.5 Å². The van der Waals surface area contributed by atoms with Crippen LogP contribution < -0.4 is 15.1 Å². The number of aromatic nitrogens is 4. The zero-order valence-electron chi connectivity index (χ0n) is 21.5. The average Bonchev–Trinajstić information content (AvgIpc) is 3.35. The van der Waals surface area contributed by atoms with E-state index in [1.54, 1.807) is 30.6 Å². The standard InChI is InChI=1S/C28H29F2N7O/c1-16-26(38)37(21-6-4-5-18(29)12-21)23-15-31-27(33-19-11-17-14-32-35-24(17)22(30)13-19)34-25(23)36(16)20-7-9-28(2,3)10-8-20/h4-6,11-16,20H,7-10H2,1-3H3,(H,32,35)(H,31,33,34)/t16-/m1/s1. The third-order valence-corrected chi connectivity index (χ3v) is 7.76. The summed E-state index contributed by atoms with van der Waals surface area (Å²) < 4.78 is 28.7. The van der Waals surface area contributed by atoms with Crippen LogP contribution >= 0.6 is 0 Å². The molecular formula is C28H29F2N7O. The van der Waals surface area contributed by atoms with Gasteiger partial charge in [0.05, 0.1) is 18.1 Å². The third kappa shape index (κ3) is 4.23. The van der Waals surface area contributed by atoms with Crippen molar-refractivity contribution in [3.63, 3.8) is 0 Å². The molecule has 1 atom stereocenters. The van der Waals surface area contributed by atoms with Gasteiger partial charge in [-0.15, -0.1) is 0 Å². The Morgan fingerprint density at radius 2 is 1.89 bits per heavy atom. The van der Waals surface area contributed by atoms with Gasteiger partial charge in [0.2, 0.25) is 5.95 Å². The zero-order chi connectivity index (χ0) is 26.6. The fourth-order valence-corrected chi connectivity index (χ4v) is 5.63. The fraction of sp³-hybridized carbons (Fsp3) is 0.357. The van der Waals surface area contributed by atoms with Gasteiger partial charge in [-0.2, -0.15) is 10.1 Å². The summed E-state index contributed by atoms with van der Waals surface area (Å²) in [5.41, 5.74) is 1.97. The largest absolute Gasteiger partial charge is 0.340 e. The first-order valence-corrected chi connectivity index (χ1v) is 12.8. The van der Waals surface area contributed by atoms with Crippen molar-refractivity contribution in [3.05, 3.63) is 60.4 Å². The van der Waals surface area contributed by atoms with Crippen LogP contribution in [0, 0.1) is 17.0 Å². The van der Waals surface area contributed by atoms with Gasteiger partial charge < -0.3 is 10.2 Å². The number of benzene rings is 2. The van der Waals surface area contributed by atoms with Crippen molar-refractivity contribution in [1.82, 2.24) is 20.2 Å². The lowest BCUT2D eigenvalue weighted by atomic mass is 9.75. The van der Waals surface area contributed by atoms with Crippen LogP contribution in [0.15, 0.2) is 48.8 Å². The molecule has 38 heavy (non-hydrogen) atoms. The molecule has 2 aliphatic rings. The summed E-state index contributed by atoms with van der Waals surface area (Å²) in [6.07, 6.45) is 7.06. The number of anilines is 5. The van der Waals surface area contributed by atoms with Crippen LogP contribution in [0.2, 0.25) is 0 Å². The summed E-state index contributed by atoms with van der Waals surface area (Å²) in [6, 6.07) is 8.69. The van der Waals surface area contributed by atoms with Crippen LogP contribution in [-0.4, -0.2) is 38.2 Å². The second kappa shape index (κ2) is 9.04. The highest BCUT2D eigenvalue weighted by Gasteiger charge is 2.43. The quantitative estimate of drug-likeness (QED) is 0.334. The summed E-state index contributed by atoms with van der Waals surface area (Å²) >= 11 is 0. The van der Waals surface area contributed by atoms with E-state index >= 15 is 0 Å². The van der Waals surface area contributed by atoms with Gasteiger partial charge in [0, 0.05) is 17.1 Å². The first-order chi connectivity index (χ1) is 18.2. The number of halogens is 2. The minimum atomic E-state index is -0.514. The summed E-state index contributed by atoms with van der Waals surface area (Å²) in [4.78, 5) is 26.6. The Labute approximate surface area is 219 Å². The Morgan fingerprint density at radius 3 is 2.66 bits per heavy atom. The van der Waals surface area contributed by atoms with Crippen LogP contribution in [-0.2, 0) is 4.79 Å². The molecule has 4 aromatic rings. The molecule has 0 spiro atoms. The molecule has 1 fully saturated rings. The normalized spacial score (nSPS) is 19.6. The number of amides is 1. The predicted octanol–water partition coefficient (Wildman–Crippen LogP) is 6.22. The molecule has 0 saturated heterocycles. The molecule has 1 saturated carbocycles. The number of rotatable bonds is 4. The van der Waals surface area contributed by atoms with Gasteiger partial charge in [-0.25, -0.2) is 13.8 Å². The molecule has 1 aliphatic carbocycles. The molecule has 1 amide bonds. The van der Waals surface area contributed by atoms with E-state index in [4.69, 9.17) is 4.98 Å². The van der Waals surface area contributed by atoms with E-state index in [1.807, 2.05) is 6.92 Å². The maximum Gasteiger partial charge on any atom is 0.254 e. The molecule has 3 heterocycles. The van der Waals surface area contributed by atoms with E-state index in [9.17, 15) is 13.6 Å². The van der Waals surface area contributed by atoms with E-state index in [0.29, 0.717) is 33.8 Å². The SMILES string of the molecule is C[C@@H]1C(=O)N(c2cccc(F)c2)c2cnc(Nc3cc(F)c4[nH]ncc4c3)nc2N1C1CCC(C)(C)CC1. The van der Waals surface area contributed by atoms with E-state index in [0.717, 1.165) is 25.7 Å². The highest BCUT2D eigenvalue weighted by molar-refractivity contribution is 6.09. The van der Waals surface area contributed by atoms with Gasteiger partial charge in [-0.05, 0) is 68.4 Å². The lowest BCUT2D eigenvalue weighted by Crippen LogP contribution is -2.55. The molecule has 1 aliphatic heterocycles. The van der Waals surface area contributed by atoms with Crippen LogP contribution in [0.4, 0.5) is 37.6 Å². The average molecular weight is 518 g/mol. The first kappa shape index (κ1) is 24.3. The Balaban J connectivity index is 1.43. The molecule has 0 bridgehead atoms. The topological polar surface area (TPSA) is 90.0 Å². The minimum Gasteiger partial charge on any atom is -0.340 e. The molecule has 2 aromatic heterocycles. The molecule has 2 N–H and O–H groups in total. The second-order valence-electron chi connectivity index (χ2n) is 11.0. The molecular weight excluding hydrogens is 488 g/mol. The Morgan fingerprint density at radius 1 is 1.11 bits per heavy atom. The Kier molecular flexibility index (Phi) is 5.77. The van der Waals surface area contributed by atoms with E-state index in [-0.39, 0.29) is 23.3 Å². The smallest absolute Gasteiger partial charge is 0.254 e. The third-order valence-electron chi connectivity index (χ3n) is 7.76. The van der Waals surface area contributed by atoms with Gasteiger partial charge in [0.15, 0.2) is 11.6 Å². The highest BCUT2D eigenvalue weighted by Crippen LogP contribution is 2.45. The number of carbonyl (C=O) groups excluding carboxylic acids is 1. The maximum atomic E-state index is 14.6. The fourth-order valence-electron chi connectivity index (χ4n) is 5.63. The Bertz CT molecular complexity index is 1520. The summed E-state index contributed by atoms with van der Waals surface area (Å²) in [5.74, 6) is -0.174. The van der Waals surface area contributed by atoms with E-state index < -0.39 is 17.7 Å². The number of H-pyrrole nitrogens is 1. The molecule has 2 aromatic carbocycles. The Hall–Kier alpha value is -4.08. The van der Waals surface area contributed by atoms with Crippen LogP contribution in [0.3, 0.4) is 0 Å². The number of aromatic amines is 1. The van der Waals surface area contributed by atoms with Gasteiger partial charge in [0.25, 0.3) is 5.91 Å². The number of nitrogens with zero attached hydrogens (tertiary/aromatic N) is 5. The van der Waals surface area contributed by atoms with Gasteiger partial charge in [-0.1, -0.05) is 19.9 Å². The number of hydrogen-bond donors (Lipinski definition) is 2. The molecule has 196 valence electrons. The lowest BCUT2D eigenvalue weighted by Gasteiger charge is -2.47. The molecule has 6 rings (SSSR count). The predicted molar refractivity (Wildman–Crippen MR) is 143 cm³/mol. The van der Waals surface area contributed by atoms with E-state index in [1.165, 1.54) is 23.1 Å². The maximum absolute atomic E-state index is 14.6. The first-order valence-electron chi connectivity index (χ1n) is 12.8. The number of fused-ring (bicyclic) bond motifs is 2. The monoisotopic (exact) mass is 517 g/mol. The van der Waals surface area contributed by atoms with Gasteiger partial charge in [0.1, 0.15) is 23.1 Å². The van der Waals surface area contributed by atoms with Crippen molar-refractivity contribution in [3.8, 4) is 0 Å². The van der Waals surface area contributed by atoms with E-state index in [2.05, 4.69) is 39.2 Å². The van der Waals surface area contributed by atoms with Crippen LogP contribution in [0.25, 0.3) is 10.9 Å². The van der Waals surface area contributed by atoms with Crippen LogP contribution in [0.5, 0.6) is 0 Å². The summed E-state index contributed by atoms with van der Waals surface area (Å²) in [5, 5.41) is 10.3. The van der Waals surface area contributed by atoms with Crippen molar-refractivity contribution in [2.75, 3.05) is 15.1 Å². The van der Waals surface area contributed by atoms with Crippen molar-refractivity contribution in [2.45, 2.75) is 58.5 Å². The lowest BCUT2D eigenvalue weighted by molar-refractivity contribution is -0.119. The summed E-state index contributed by atoms with van der Waals surface area (Å²) in [6.45, 7) is 6.41. The van der Waals surface area contributed by atoms with Crippen molar-refractivity contribution >= 4 is 45.6 Å². The molecule has 8 nitrogen and oxygen atoms in total. The molecule has 0 unspecified atom stereocenters. The van der Waals surface area contributed by atoms with Crippen molar-refractivity contribution in [2.24, 2.45) is 5.41 Å². The number of nitrogens with one attached hydrogen (secondary N) is 2.